The van der Waals surface area contributed by atoms with Crippen LogP contribution in [0.25, 0.3) is 0 Å². The Morgan fingerprint density at radius 2 is 1.83 bits per heavy atom. The lowest BCUT2D eigenvalue weighted by molar-refractivity contribution is -0.147. The number of piperidine rings is 1. The molecule has 1 fully saturated rings. The van der Waals surface area contributed by atoms with Crippen LogP contribution in [0, 0.1) is 0 Å². The zero-order valence-corrected chi connectivity index (χ0v) is 10.5. The summed E-state index contributed by atoms with van der Waals surface area (Å²) < 4.78 is 5.25. The molecule has 0 atom stereocenters. The SMILES string of the molecule is COc1ccccc1CCN1C(=O)CCCC1=O. The molecular weight excluding hydrogens is 230 g/mol. The molecule has 0 aromatic heterocycles. The van der Waals surface area contributed by atoms with Crippen molar-refractivity contribution in [2.75, 3.05) is 13.7 Å². The number of benzene rings is 1. The van der Waals surface area contributed by atoms with Crippen LogP contribution in [-0.4, -0.2) is 30.4 Å². The number of hydrogen-bond acceptors (Lipinski definition) is 3. The van der Waals surface area contributed by atoms with E-state index in [-0.39, 0.29) is 11.8 Å². The van der Waals surface area contributed by atoms with Crippen LogP contribution in [0.4, 0.5) is 0 Å². The van der Waals surface area contributed by atoms with Crippen molar-refractivity contribution in [3.05, 3.63) is 29.8 Å². The first-order valence-electron chi connectivity index (χ1n) is 6.17. The van der Waals surface area contributed by atoms with E-state index < -0.39 is 0 Å². The van der Waals surface area contributed by atoms with Gasteiger partial charge < -0.3 is 4.74 Å². The molecule has 0 aliphatic carbocycles. The molecule has 1 saturated heterocycles. The first-order chi connectivity index (χ1) is 8.72. The van der Waals surface area contributed by atoms with E-state index in [0.29, 0.717) is 32.2 Å². The Morgan fingerprint density at radius 1 is 1.17 bits per heavy atom. The number of para-hydroxylation sites is 1. The fourth-order valence-corrected chi connectivity index (χ4v) is 2.19. The van der Waals surface area contributed by atoms with Crippen molar-refractivity contribution >= 4 is 11.8 Å². The lowest BCUT2D eigenvalue weighted by Crippen LogP contribution is -2.41. The van der Waals surface area contributed by atoms with Gasteiger partial charge in [0.15, 0.2) is 0 Å². The molecule has 0 radical (unpaired) electrons. The summed E-state index contributed by atoms with van der Waals surface area (Å²) in [6, 6.07) is 7.67. The van der Waals surface area contributed by atoms with Crippen LogP contribution >= 0.6 is 0 Å². The molecule has 2 rings (SSSR count). The van der Waals surface area contributed by atoms with E-state index in [1.807, 2.05) is 24.3 Å². The maximum atomic E-state index is 11.7. The summed E-state index contributed by atoms with van der Waals surface area (Å²) in [5.41, 5.74) is 1.02. The Kier molecular flexibility index (Phi) is 3.97. The third-order valence-electron chi connectivity index (χ3n) is 3.18. The highest BCUT2D eigenvalue weighted by Gasteiger charge is 2.25. The molecule has 4 nitrogen and oxygen atoms in total. The zero-order chi connectivity index (χ0) is 13.0. The minimum atomic E-state index is -0.0545. The van der Waals surface area contributed by atoms with Gasteiger partial charge in [-0.2, -0.15) is 0 Å². The van der Waals surface area contributed by atoms with Crippen molar-refractivity contribution in [1.82, 2.24) is 4.90 Å². The predicted molar refractivity (Wildman–Crippen MR) is 67.3 cm³/mol. The van der Waals surface area contributed by atoms with Crippen molar-refractivity contribution in [2.45, 2.75) is 25.7 Å². The second-order valence-electron chi connectivity index (χ2n) is 4.35. The van der Waals surface area contributed by atoms with E-state index in [1.54, 1.807) is 7.11 Å². The molecule has 0 bridgehead atoms. The van der Waals surface area contributed by atoms with Crippen LogP contribution in [0.15, 0.2) is 24.3 Å². The molecule has 1 aliphatic rings. The quantitative estimate of drug-likeness (QED) is 0.762. The molecule has 18 heavy (non-hydrogen) atoms. The summed E-state index contributed by atoms with van der Waals surface area (Å²) >= 11 is 0. The van der Waals surface area contributed by atoms with Gasteiger partial charge in [-0.05, 0) is 24.5 Å². The van der Waals surface area contributed by atoms with E-state index in [1.165, 1.54) is 4.90 Å². The first-order valence-corrected chi connectivity index (χ1v) is 6.17. The Morgan fingerprint density at radius 3 is 2.50 bits per heavy atom. The topological polar surface area (TPSA) is 46.6 Å². The molecule has 0 unspecified atom stereocenters. The molecule has 1 aliphatic heterocycles. The van der Waals surface area contributed by atoms with E-state index in [9.17, 15) is 9.59 Å². The van der Waals surface area contributed by atoms with Crippen LogP contribution in [-0.2, 0) is 16.0 Å². The van der Waals surface area contributed by atoms with Gasteiger partial charge in [-0.15, -0.1) is 0 Å². The number of methoxy groups -OCH3 is 1. The van der Waals surface area contributed by atoms with E-state index >= 15 is 0 Å². The van der Waals surface area contributed by atoms with Gasteiger partial charge in [-0.25, -0.2) is 0 Å². The molecule has 0 saturated carbocycles. The van der Waals surface area contributed by atoms with Crippen molar-refractivity contribution in [1.29, 1.82) is 0 Å². The normalized spacial score (nSPS) is 15.9. The van der Waals surface area contributed by atoms with Crippen LogP contribution in [0.2, 0.25) is 0 Å². The highest BCUT2D eigenvalue weighted by Crippen LogP contribution is 2.19. The number of carbonyl (C=O) groups is 2. The number of amides is 2. The Bertz CT molecular complexity index is 440. The fraction of sp³-hybridized carbons (Fsp3) is 0.429. The molecule has 96 valence electrons. The average molecular weight is 247 g/mol. The Hall–Kier alpha value is -1.84. The first kappa shape index (κ1) is 12.6. The van der Waals surface area contributed by atoms with Gasteiger partial charge in [0.2, 0.25) is 11.8 Å². The molecule has 1 aromatic carbocycles. The molecule has 1 aromatic rings. The third kappa shape index (κ3) is 2.70. The maximum Gasteiger partial charge on any atom is 0.229 e. The second kappa shape index (κ2) is 5.67. The molecule has 1 heterocycles. The van der Waals surface area contributed by atoms with Crippen molar-refractivity contribution in [2.24, 2.45) is 0 Å². The standard InChI is InChI=1S/C14H17NO3/c1-18-12-6-3-2-5-11(12)9-10-15-13(16)7-4-8-14(15)17/h2-3,5-6H,4,7-10H2,1H3. The number of carbonyl (C=O) groups excluding carboxylic acids is 2. The number of ether oxygens (including phenoxy) is 1. The predicted octanol–water partition coefficient (Wildman–Crippen LogP) is 1.78. The molecule has 2 amide bonds. The van der Waals surface area contributed by atoms with E-state index in [0.717, 1.165) is 11.3 Å². The zero-order valence-electron chi connectivity index (χ0n) is 10.5. The van der Waals surface area contributed by atoms with Crippen LogP contribution in [0.5, 0.6) is 5.75 Å². The number of rotatable bonds is 4. The van der Waals surface area contributed by atoms with Crippen LogP contribution in [0.3, 0.4) is 0 Å². The average Bonchev–Trinajstić information content (AvgIpc) is 2.38. The second-order valence-corrected chi connectivity index (χ2v) is 4.35. The van der Waals surface area contributed by atoms with Gasteiger partial charge in [-0.1, -0.05) is 18.2 Å². The minimum absolute atomic E-state index is 0.0545. The van der Waals surface area contributed by atoms with Gasteiger partial charge in [0.05, 0.1) is 7.11 Å². The minimum Gasteiger partial charge on any atom is -0.496 e. The van der Waals surface area contributed by atoms with Crippen molar-refractivity contribution in [3.8, 4) is 5.75 Å². The summed E-state index contributed by atoms with van der Waals surface area (Å²) in [6.45, 7) is 0.442. The van der Waals surface area contributed by atoms with Crippen LogP contribution in [0.1, 0.15) is 24.8 Å². The monoisotopic (exact) mass is 247 g/mol. The Labute approximate surface area is 107 Å². The highest BCUT2D eigenvalue weighted by molar-refractivity contribution is 5.97. The largest absolute Gasteiger partial charge is 0.496 e. The van der Waals surface area contributed by atoms with E-state index in [2.05, 4.69) is 0 Å². The summed E-state index contributed by atoms with van der Waals surface area (Å²) in [5, 5.41) is 0. The summed E-state index contributed by atoms with van der Waals surface area (Å²) in [5.74, 6) is 0.691. The highest BCUT2D eigenvalue weighted by atomic mass is 16.5. The van der Waals surface area contributed by atoms with Crippen molar-refractivity contribution < 1.29 is 14.3 Å². The Balaban J connectivity index is 2.02. The van der Waals surface area contributed by atoms with Gasteiger partial charge in [0.1, 0.15) is 5.75 Å². The van der Waals surface area contributed by atoms with E-state index in [4.69, 9.17) is 4.74 Å². The summed E-state index contributed by atoms with van der Waals surface area (Å²) in [7, 11) is 1.62. The molecule has 0 N–H and O–H groups in total. The fourth-order valence-electron chi connectivity index (χ4n) is 2.19. The van der Waals surface area contributed by atoms with Crippen molar-refractivity contribution in [3.63, 3.8) is 0 Å². The number of likely N-dealkylation sites (tertiary alicyclic amines) is 1. The third-order valence-corrected chi connectivity index (χ3v) is 3.18. The lowest BCUT2D eigenvalue weighted by atomic mass is 10.1. The summed E-state index contributed by atoms with van der Waals surface area (Å²) in [4.78, 5) is 24.7. The summed E-state index contributed by atoms with van der Waals surface area (Å²) in [6.07, 6.45) is 2.29. The number of hydrogen-bond donors (Lipinski definition) is 0. The number of nitrogens with zero attached hydrogens (tertiary/aromatic N) is 1. The van der Waals surface area contributed by atoms with Gasteiger partial charge in [0.25, 0.3) is 0 Å². The van der Waals surface area contributed by atoms with Gasteiger partial charge in [0, 0.05) is 19.4 Å². The van der Waals surface area contributed by atoms with Gasteiger partial charge >= 0.3 is 0 Å². The maximum absolute atomic E-state index is 11.7. The lowest BCUT2D eigenvalue weighted by Gasteiger charge is -2.25. The molecular formula is C14H17NO3. The number of imide groups is 1. The molecule has 4 heteroatoms. The smallest absolute Gasteiger partial charge is 0.229 e. The van der Waals surface area contributed by atoms with Gasteiger partial charge in [-0.3, -0.25) is 14.5 Å². The molecule has 0 spiro atoms. The van der Waals surface area contributed by atoms with Crippen LogP contribution < -0.4 is 4.74 Å².